The van der Waals surface area contributed by atoms with Gasteiger partial charge in [0.25, 0.3) is 0 Å². The number of nitrogens with one attached hydrogen (secondary N) is 1. The zero-order chi connectivity index (χ0) is 5.28. The predicted molar refractivity (Wildman–Crippen MR) is 27.5 cm³/mol. The van der Waals surface area contributed by atoms with Crippen LogP contribution in [0.3, 0.4) is 0 Å². The van der Waals surface area contributed by atoms with E-state index in [0.29, 0.717) is 0 Å². The molecule has 7 heavy (non-hydrogen) atoms. The summed E-state index contributed by atoms with van der Waals surface area (Å²) in [7, 11) is 0. The van der Waals surface area contributed by atoms with Crippen LogP contribution < -0.4 is 5.32 Å². The van der Waals surface area contributed by atoms with Crippen LogP contribution in [0.2, 0.25) is 0 Å². The predicted octanol–water partition coefficient (Wildman–Crippen LogP) is 0.202. The van der Waals surface area contributed by atoms with Crippen molar-refractivity contribution in [1.82, 2.24) is 5.32 Å². The topological polar surface area (TPSA) is 32.3 Å². The molecule has 2 N–H and O–H groups in total. The van der Waals surface area contributed by atoms with Crippen molar-refractivity contribution in [3.8, 4) is 0 Å². The zero-order valence-electron chi connectivity index (χ0n) is 4.15. The maximum atomic E-state index is 8.73. The van der Waals surface area contributed by atoms with Gasteiger partial charge in [0.15, 0.2) is 0 Å². The molecule has 2 heteroatoms. The third-order valence-corrected chi connectivity index (χ3v) is 1.09. The summed E-state index contributed by atoms with van der Waals surface area (Å²) < 4.78 is 0. The fourth-order valence-electron chi connectivity index (χ4n) is 0.691. The summed E-state index contributed by atoms with van der Waals surface area (Å²) in [5, 5.41) is 11.5. The van der Waals surface area contributed by atoms with Gasteiger partial charge in [-0.25, -0.2) is 0 Å². The summed E-state index contributed by atoms with van der Waals surface area (Å²) in [6.45, 7) is 3.63. The van der Waals surface area contributed by atoms with E-state index in [1.165, 1.54) is 0 Å². The molecule has 0 aromatic carbocycles. The van der Waals surface area contributed by atoms with Crippen molar-refractivity contribution in [3.63, 3.8) is 0 Å². The first-order valence-electron chi connectivity index (χ1n) is 2.41. The molecular weight excluding hydrogens is 90.1 g/mol. The summed E-state index contributed by atoms with van der Waals surface area (Å²) in [6.07, 6.45) is 1.41. The second-order valence-electron chi connectivity index (χ2n) is 1.80. The Bertz CT molecular complexity index is 90.1. The van der Waals surface area contributed by atoms with Crippen LogP contribution in [0.5, 0.6) is 0 Å². The second kappa shape index (κ2) is 1.54. The first-order valence-corrected chi connectivity index (χ1v) is 2.41. The molecule has 0 saturated carbocycles. The van der Waals surface area contributed by atoms with E-state index in [-0.39, 0.29) is 6.23 Å². The molecule has 0 aliphatic carbocycles. The van der Waals surface area contributed by atoms with E-state index in [2.05, 4.69) is 11.9 Å². The molecule has 40 valence electrons. The van der Waals surface area contributed by atoms with E-state index in [1.807, 2.05) is 0 Å². The Labute approximate surface area is 42.8 Å². The Morgan fingerprint density at radius 1 is 1.86 bits per heavy atom. The monoisotopic (exact) mass is 99.1 g/mol. The maximum Gasteiger partial charge on any atom is 0.124 e. The molecule has 2 nitrogen and oxygen atoms in total. The van der Waals surface area contributed by atoms with Crippen LogP contribution in [0.1, 0.15) is 12.8 Å². The number of allylic oxidation sites excluding steroid dienone is 1. The largest absolute Gasteiger partial charge is 0.374 e. The lowest BCUT2D eigenvalue weighted by Crippen LogP contribution is -2.17. The van der Waals surface area contributed by atoms with Crippen molar-refractivity contribution < 1.29 is 5.11 Å². The van der Waals surface area contributed by atoms with Gasteiger partial charge in [-0.2, -0.15) is 0 Å². The summed E-state index contributed by atoms with van der Waals surface area (Å²) in [6, 6.07) is 0. The number of hydrogen-bond acceptors (Lipinski definition) is 2. The molecule has 1 saturated heterocycles. The van der Waals surface area contributed by atoms with Gasteiger partial charge in [0.2, 0.25) is 0 Å². The molecule has 0 spiro atoms. The molecule has 1 aliphatic rings. The Hall–Kier alpha value is -0.500. The summed E-state index contributed by atoms with van der Waals surface area (Å²) >= 11 is 0. The zero-order valence-corrected chi connectivity index (χ0v) is 4.15. The van der Waals surface area contributed by atoms with Crippen molar-refractivity contribution >= 4 is 0 Å². The standard InChI is InChI=1S/C5H9NO/c1-4-2-3-5(7)6-4/h5-7H,1-3H2. The molecule has 0 aromatic rings. The highest BCUT2D eigenvalue weighted by molar-refractivity contribution is 4.97. The van der Waals surface area contributed by atoms with Crippen LogP contribution in [0.25, 0.3) is 0 Å². The van der Waals surface area contributed by atoms with Crippen LogP contribution in [-0.4, -0.2) is 11.3 Å². The third-order valence-electron chi connectivity index (χ3n) is 1.09. The minimum Gasteiger partial charge on any atom is -0.374 e. The average Bonchev–Trinajstić information content (AvgIpc) is 1.87. The van der Waals surface area contributed by atoms with Gasteiger partial charge >= 0.3 is 0 Å². The number of aliphatic hydroxyl groups is 1. The molecule has 1 atom stereocenters. The third kappa shape index (κ3) is 0.933. The Balaban J connectivity index is 2.40. The molecule has 0 bridgehead atoms. The summed E-state index contributed by atoms with van der Waals surface area (Å²) in [5.74, 6) is 0. The quantitative estimate of drug-likeness (QED) is 0.454. The van der Waals surface area contributed by atoms with Crippen molar-refractivity contribution in [2.24, 2.45) is 0 Å². The maximum absolute atomic E-state index is 8.73. The molecule has 1 unspecified atom stereocenters. The van der Waals surface area contributed by atoms with E-state index >= 15 is 0 Å². The first-order chi connectivity index (χ1) is 3.29. The average molecular weight is 99.1 g/mol. The highest BCUT2D eigenvalue weighted by Crippen LogP contribution is 2.09. The Morgan fingerprint density at radius 2 is 2.57 bits per heavy atom. The van der Waals surface area contributed by atoms with Crippen molar-refractivity contribution in [2.75, 3.05) is 0 Å². The smallest absolute Gasteiger partial charge is 0.124 e. The highest BCUT2D eigenvalue weighted by Gasteiger charge is 2.11. The van der Waals surface area contributed by atoms with Crippen LogP contribution in [0, 0.1) is 0 Å². The lowest BCUT2D eigenvalue weighted by atomic mass is 10.3. The number of hydrogen-bond donors (Lipinski definition) is 2. The normalized spacial score (nSPS) is 30.4. The minimum absolute atomic E-state index is 0.326. The van der Waals surface area contributed by atoms with Gasteiger partial charge in [-0.05, 0) is 12.8 Å². The van der Waals surface area contributed by atoms with Gasteiger partial charge < -0.3 is 10.4 Å². The molecule has 0 amide bonds. The molecule has 1 aliphatic heterocycles. The first kappa shape index (κ1) is 4.65. The number of aliphatic hydroxyl groups excluding tert-OH is 1. The lowest BCUT2D eigenvalue weighted by molar-refractivity contribution is 0.164. The number of rotatable bonds is 0. The SMILES string of the molecule is C=C1CCC(O)N1. The van der Waals surface area contributed by atoms with Crippen molar-refractivity contribution in [3.05, 3.63) is 12.3 Å². The summed E-state index contributed by atoms with van der Waals surface area (Å²) in [4.78, 5) is 0. The van der Waals surface area contributed by atoms with Crippen molar-refractivity contribution in [2.45, 2.75) is 19.1 Å². The Kier molecular flexibility index (Phi) is 1.02. The van der Waals surface area contributed by atoms with Crippen LogP contribution in [-0.2, 0) is 0 Å². The highest BCUT2D eigenvalue weighted by atomic mass is 16.3. The van der Waals surface area contributed by atoms with E-state index in [9.17, 15) is 0 Å². The van der Waals surface area contributed by atoms with Crippen LogP contribution in [0.4, 0.5) is 0 Å². The van der Waals surface area contributed by atoms with E-state index in [0.717, 1.165) is 18.5 Å². The van der Waals surface area contributed by atoms with Gasteiger partial charge in [0.05, 0.1) is 0 Å². The van der Waals surface area contributed by atoms with Crippen molar-refractivity contribution in [1.29, 1.82) is 0 Å². The lowest BCUT2D eigenvalue weighted by Gasteiger charge is -1.98. The van der Waals surface area contributed by atoms with E-state index in [4.69, 9.17) is 5.11 Å². The second-order valence-corrected chi connectivity index (χ2v) is 1.80. The van der Waals surface area contributed by atoms with E-state index < -0.39 is 0 Å². The van der Waals surface area contributed by atoms with Crippen LogP contribution >= 0.6 is 0 Å². The van der Waals surface area contributed by atoms with Crippen LogP contribution in [0.15, 0.2) is 12.3 Å². The van der Waals surface area contributed by atoms with Gasteiger partial charge in [0.1, 0.15) is 6.23 Å². The summed E-state index contributed by atoms with van der Waals surface area (Å²) in [5.41, 5.74) is 0.951. The van der Waals surface area contributed by atoms with Gasteiger partial charge in [-0.1, -0.05) is 6.58 Å². The van der Waals surface area contributed by atoms with Gasteiger partial charge in [-0.15, -0.1) is 0 Å². The minimum atomic E-state index is -0.326. The molecule has 0 radical (unpaired) electrons. The fraction of sp³-hybridized carbons (Fsp3) is 0.600. The molecule has 1 heterocycles. The molecule has 1 rings (SSSR count). The Morgan fingerprint density at radius 3 is 2.71 bits per heavy atom. The molecule has 0 aromatic heterocycles. The molecule has 1 fully saturated rings. The van der Waals surface area contributed by atoms with Gasteiger partial charge in [0, 0.05) is 5.70 Å². The fourth-order valence-corrected chi connectivity index (χ4v) is 0.691. The molecular formula is C5H9NO. The van der Waals surface area contributed by atoms with E-state index in [1.54, 1.807) is 0 Å². The van der Waals surface area contributed by atoms with Gasteiger partial charge in [-0.3, -0.25) is 0 Å².